The van der Waals surface area contributed by atoms with E-state index >= 15 is 0 Å². The number of amides is 1. The summed E-state index contributed by atoms with van der Waals surface area (Å²) in [6.45, 7) is -0.723. The Bertz CT molecular complexity index is 813. The average molecular weight is 449 g/mol. The zero-order valence-corrected chi connectivity index (χ0v) is 15.8. The van der Waals surface area contributed by atoms with Gasteiger partial charge >= 0.3 is 6.18 Å². The van der Waals surface area contributed by atoms with Crippen LogP contribution in [-0.4, -0.2) is 30.1 Å². The number of allylic oxidation sites excluding steroid dienone is 3. The highest BCUT2D eigenvalue weighted by Crippen LogP contribution is 2.34. The fraction of sp³-hybridized carbons (Fsp3) is 0.278. The van der Waals surface area contributed by atoms with E-state index in [-0.39, 0.29) is 24.6 Å². The van der Waals surface area contributed by atoms with Gasteiger partial charge in [0.25, 0.3) is 5.91 Å². The van der Waals surface area contributed by atoms with Gasteiger partial charge in [0.15, 0.2) is 6.61 Å². The van der Waals surface area contributed by atoms with Gasteiger partial charge in [-0.2, -0.15) is 13.2 Å². The Balaban J connectivity index is 1.79. The highest BCUT2D eigenvalue weighted by molar-refractivity contribution is 9.10. The molecular formula is C18H14BrClF3NO2. The van der Waals surface area contributed by atoms with Crippen molar-refractivity contribution >= 4 is 33.4 Å². The third kappa shape index (κ3) is 4.51. The van der Waals surface area contributed by atoms with Crippen LogP contribution in [0.25, 0.3) is 0 Å². The van der Waals surface area contributed by atoms with Gasteiger partial charge in [-0.05, 0) is 35.4 Å². The minimum atomic E-state index is -4.43. The second kappa shape index (κ2) is 7.48. The number of fused-ring (bicyclic) bond motifs is 1. The summed E-state index contributed by atoms with van der Waals surface area (Å²) in [6.07, 6.45) is -1.35. The zero-order valence-electron chi connectivity index (χ0n) is 13.4. The molecule has 1 heterocycles. The third-order valence-corrected chi connectivity index (χ3v) is 4.81. The van der Waals surface area contributed by atoms with E-state index in [2.05, 4.69) is 15.9 Å². The maximum Gasteiger partial charge on any atom is 0.422 e. The molecule has 3 nitrogen and oxygen atoms in total. The first kappa shape index (κ1) is 19.0. The van der Waals surface area contributed by atoms with Crippen molar-refractivity contribution in [1.82, 2.24) is 4.90 Å². The molecule has 26 heavy (non-hydrogen) atoms. The van der Waals surface area contributed by atoms with Gasteiger partial charge in [0, 0.05) is 29.0 Å². The Morgan fingerprint density at radius 3 is 2.58 bits per heavy atom. The van der Waals surface area contributed by atoms with Crippen molar-refractivity contribution in [2.24, 2.45) is 0 Å². The fourth-order valence-electron chi connectivity index (χ4n) is 2.79. The molecule has 1 aromatic rings. The van der Waals surface area contributed by atoms with Crippen molar-refractivity contribution in [2.75, 3.05) is 13.2 Å². The molecule has 0 unspecified atom stereocenters. The maximum absolute atomic E-state index is 12.7. The molecule has 1 aliphatic carbocycles. The second-order valence-electron chi connectivity index (χ2n) is 5.95. The molecule has 138 valence electrons. The standard InChI is InChI=1S/C18H14BrClF3NO2/c19-13-3-1-11(2-4-13)8-24-9-12-7-14(26-10-18(21,22)23)5-6-15(20)16(12)17(24)25/h1-5,7H,6,8-10H2. The number of nitrogens with zero attached hydrogens (tertiary/aromatic N) is 1. The van der Waals surface area contributed by atoms with Crippen LogP contribution >= 0.6 is 27.5 Å². The highest BCUT2D eigenvalue weighted by Gasteiger charge is 2.34. The van der Waals surface area contributed by atoms with E-state index in [1.165, 1.54) is 12.2 Å². The van der Waals surface area contributed by atoms with Gasteiger partial charge in [-0.25, -0.2) is 0 Å². The lowest BCUT2D eigenvalue weighted by molar-refractivity contribution is -0.163. The second-order valence-corrected chi connectivity index (χ2v) is 7.32. The molecule has 3 rings (SSSR count). The number of rotatable bonds is 4. The Morgan fingerprint density at radius 1 is 1.23 bits per heavy atom. The maximum atomic E-state index is 12.7. The topological polar surface area (TPSA) is 29.5 Å². The molecule has 0 N–H and O–H groups in total. The first-order valence-corrected chi connectivity index (χ1v) is 8.93. The molecule has 1 aliphatic heterocycles. The summed E-state index contributed by atoms with van der Waals surface area (Å²) in [4.78, 5) is 14.3. The van der Waals surface area contributed by atoms with Crippen molar-refractivity contribution < 1.29 is 22.7 Å². The molecule has 1 aromatic carbocycles. The van der Waals surface area contributed by atoms with Crippen LogP contribution in [-0.2, 0) is 16.1 Å². The molecule has 0 aromatic heterocycles. The SMILES string of the molecule is O=C1C2=C(Cl)CC=C(OCC(F)(F)F)C=C2CN1Cc1ccc(Br)cc1. The molecule has 0 bridgehead atoms. The largest absolute Gasteiger partial charge is 0.484 e. The van der Waals surface area contributed by atoms with Crippen molar-refractivity contribution in [2.45, 2.75) is 19.1 Å². The summed E-state index contributed by atoms with van der Waals surface area (Å²) >= 11 is 9.58. The fourth-order valence-corrected chi connectivity index (χ4v) is 3.33. The van der Waals surface area contributed by atoms with Crippen molar-refractivity contribution in [3.8, 4) is 0 Å². The van der Waals surface area contributed by atoms with E-state index in [9.17, 15) is 18.0 Å². The smallest absolute Gasteiger partial charge is 0.422 e. The van der Waals surface area contributed by atoms with Crippen LogP contribution < -0.4 is 0 Å². The number of hydrogen-bond acceptors (Lipinski definition) is 2. The Kier molecular flexibility index (Phi) is 5.48. The van der Waals surface area contributed by atoms with E-state index < -0.39 is 12.8 Å². The van der Waals surface area contributed by atoms with Crippen LogP contribution in [0.2, 0.25) is 0 Å². The number of carbonyl (C=O) groups excluding carboxylic acids is 1. The number of likely N-dealkylation sites (tertiary alicyclic amines) is 1. The molecule has 8 heteroatoms. The number of carbonyl (C=O) groups is 1. The van der Waals surface area contributed by atoms with Gasteiger partial charge in [0.1, 0.15) is 5.76 Å². The average Bonchev–Trinajstić information content (AvgIpc) is 2.76. The van der Waals surface area contributed by atoms with E-state index in [4.69, 9.17) is 16.3 Å². The molecule has 1 saturated heterocycles. The van der Waals surface area contributed by atoms with Crippen LogP contribution in [0.5, 0.6) is 0 Å². The molecule has 0 saturated carbocycles. The van der Waals surface area contributed by atoms with Crippen molar-refractivity contribution in [1.29, 1.82) is 0 Å². The van der Waals surface area contributed by atoms with Gasteiger partial charge in [-0.15, -0.1) is 0 Å². The highest BCUT2D eigenvalue weighted by atomic mass is 79.9. The van der Waals surface area contributed by atoms with Gasteiger partial charge in [-0.3, -0.25) is 4.79 Å². The number of ether oxygens (including phenoxy) is 1. The quantitative estimate of drug-likeness (QED) is 0.643. The Hall–Kier alpha value is -1.73. The molecular weight excluding hydrogens is 435 g/mol. The van der Waals surface area contributed by atoms with Crippen LogP contribution in [0, 0.1) is 0 Å². The number of benzene rings is 1. The molecule has 2 aliphatic rings. The van der Waals surface area contributed by atoms with E-state index in [1.807, 2.05) is 24.3 Å². The number of hydrogen-bond donors (Lipinski definition) is 0. The molecule has 1 amide bonds. The van der Waals surface area contributed by atoms with Crippen LogP contribution in [0.4, 0.5) is 13.2 Å². The van der Waals surface area contributed by atoms with Crippen LogP contribution in [0.1, 0.15) is 12.0 Å². The molecule has 1 fully saturated rings. The van der Waals surface area contributed by atoms with E-state index in [1.54, 1.807) is 4.90 Å². The predicted molar refractivity (Wildman–Crippen MR) is 95.2 cm³/mol. The summed E-state index contributed by atoms with van der Waals surface area (Å²) in [6, 6.07) is 7.55. The van der Waals surface area contributed by atoms with Crippen molar-refractivity contribution in [3.63, 3.8) is 0 Å². The minimum absolute atomic E-state index is 0.0729. The first-order valence-electron chi connectivity index (χ1n) is 7.76. The minimum Gasteiger partial charge on any atom is -0.484 e. The first-order chi connectivity index (χ1) is 12.2. The van der Waals surface area contributed by atoms with Gasteiger partial charge < -0.3 is 9.64 Å². The van der Waals surface area contributed by atoms with Gasteiger partial charge in [-0.1, -0.05) is 39.7 Å². The lowest BCUT2D eigenvalue weighted by atomic mass is 10.1. The zero-order chi connectivity index (χ0) is 18.9. The predicted octanol–water partition coefficient (Wildman–Crippen LogP) is 5.08. The Morgan fingerprint density at radius 2 is 1.92 bits per heavy atom. The van der Waals surface area contributed by atoms with E-state index in [0.29, 0.717) is 22.7 Å². The third-order valence-electron chi connectivity index (χ3n) is 3.94. The van der Waals surface area contributed by atoms with Crippen molar-refractivity contribution in [3.05, 3.63) is 68.4 Å². The van der Waals surface area contributed by atoms with Gasteiger partial charge in [0.05, 0.1) is 5.57 Å². The summed E-state index contributed by atoms with van der Waals surface area (Å²) < 4.78 is 42.9. The summed E-state index contributed by atoms with van der Waals surface area (Å²) in [5, 5.41) is 0.310. The lowest BCUT2D eigenvalue weighted by Gasteiger charge is -2.15. The molecule has 0 atom stereocenters. The molecule has 0 spiro atoms. The van der Waals surface area contributed by atoms with Crippen LogP contribution in [0.3, 0.4) is 0 Å². The monoisotopic (exact) mass is 447 g/mol. The van der Waals surface area contributed by atoms with Gasteiger partial charge in [0.2, 0.25) is 0 Å². The normalized spacial score (nSPS) is 17.7. The summed E-state index contributed by atoms with van der Waals surface area (Å²) in [5.41, 5.74) is 1.87. The number of alkyl halides is 3. The Labute approximate surface area is 161 Å². The van der Waals surface area contributed by atoms with E-state index in [0.717, 1.165) is 10.0 Å². The summed E-state index contributed by atoms with van der Waals surface area (Å²) in [7, 11) is 0. The summed E-state index contributed by atoms with van der Waals surface area (Å²) in [5.74, 6) is -0.154. The lowest BCUT2D eigenvalue weighted by Crippen LogP contribution is -2.24. The number of halogens is 5. The molecule has 0 radical (unpaired) electrons. The van der Waals surface area contributed by atoms with Crippen LogP contribution in [0.15, 0.2) is 62.8 Å².